The van der Waals surface area contributed by atoms with E-state index in [1.165, 1.54) is 16.4 Å². The third-order valence-electron chi connectivity index (χ3n) is 3.26. The Kier molecular flexibility index (Phi) is 4.62. The van der Waals surface area contributed by atoms with Gasteiger partial charge in [0.1, 0.15) is 5.54 Å². The molecule has 1 aliphatic rings. The largest absolute Gasteiger partial charge is 0.297 e. The molecule has 0 aliphatic heterocycles. The van der Waals surface area contributed by atoms with Crippen molar-refractivity contribution in [1.29, 1.82) is 5.26 Å². The van der Waals surface area contributed by atoms with E-state index in [4.69, 9.17) is 0 Å². The fourth-order valence-electron chi connectivity index (χ4n) is 2.05. The molecule has 2 rings (SSSR count). The summed E-state index contributed by atoms with van der Waals surface area (Å²) in [5, 5.41) is 16.9. The molecule has 1 aromatic rings. The lowest BCUT2D eigenvalue weighted by Gasteiger charge is -2.23. The number of nitrogens with one attached hydrogen (secondary N) is 1. The Hall–Kier alpha value is -0.610. The first-order chi connectivity index (χ1) is 8.61. The van der Waals surface area contributed by atoms with Crippen LogP contribution in [-0.4, -0.2) is 21.4 Å². The van der Waals surface area contributed by atoms with Crippen molar-refractivity contribution in [2.45, 2.75) is 57.2 Å². The van der Waals surface area contributed by atoms with Gasteiger partial charge in [-0.3, -0.25) is 10.00 Å². The molecule has 0 amide bonds. The summed E-state index contributed by atoms with van der Waals surface area (Å²) in [6, 6.07) is 3.00. The van der Waals surface area contributed by atoms with Gasteiger partial charge in [0, 0.05) is 18.8 Å². The van der Waals surface area contributed by atoms with E-state index in [0.29, 0.717) is 6.04 Å². The van der Waals surface area contributed by atoms with Gasteiger partial charge in [-0.1, -0.05) is 0 Å². The Labute approximate surface area is 122 Å². The molecule has 1 saturated carbocycles. The maximum Gasteiger partial charge on any atom is 0.104 e. The first-order valence-corrected chi connectivity index (χ1v) is 7.56. The summed E-state index contributed by atoms with van der Waals surface area (Å²) in [7, 11) is 0. The number of halogens is 1. The van der Waals surface area contributed by atoms with Gasteiger partial charge in [0.25, 0.3) is 0 Å². The molecule has 1 fully saturated rings. The van der Waals surface area contributed by atoms with Crippen LogP contribution in [0.2, 0.25) is 0 Å². The van der Waals surface area contributed by atoms with Gasteiger partial charge >= 0.3 is 0 Å². The van der Waals surface area contributed by atoms with Crippen LogP contribution in [0.3, 0.4) is 0 Å². The fourth-order valence-corrected chi connectivity index (χ4v) is 2.50. The summed E-state index contributed by atoms with van der Waals surface area (Å²) >= 11 is 2.26. The highest BCUT2D eigenvalue weighted by Crippen LogP contribution is 2.24. The molecule has 98 valence electrons. The van der Waals surface area contributed by atoms with Gasteiger partial charge in [0.15, 0.2) is 0 Å². The van der Waals surface area contributed by atoms with Crippen molar-refractivity contribution in [2.75, 3.05) is 0 Å². The number of rotatable bonds is 7. The van der Waals surface area contributed by atoms with Gasteiger partial charge in [-0.15, -0.1) is 0 Å². The molecule has 1 aliphatic carbocycles. The third-order valence-corrected chi connectivity index (χ3v) is 3.82. The van der Waals surface area contributed by atoms with Crippen LogP contribution in [0.5, 0.6) is 0 Å². The lowest BCUT2D eigenvalue weighted by Crippen LogP contribution is -2.42. The molecule has 0 spiro atoms. The number of aryl methyl sites for hydroxylation is 1. The molecule has 5 heteroatoms. The minimum atomic E-state index is -0.348. The van der Waals surface area contributed by atoms with Crippen LogP contribution in [0.15, 0.2) is 12.4 Å². The van der Waals surface area contributed by atoms with E-state index in [0.717, 1.165) is 25.8 Å². The molecule has 1 heterocycles. The number of hydrogen-bond acceptors (Lipinski definition) is 3. The predicted octanol–water partition coefficient (Wildman–Crippen LogP) is 2.69. The standard InChI is InChI=1S/C13H19IN4/c1-13(10-15,17-12-4-5-12)6-2-3-7-18-9-11(14)8-16-18/h8-9,12,17H,2-7H2,1H3. The van der Waals surface area contributed by atoms with Crippen molar-refractivity contribution >= 4 is 22.6 Å². The summed E-state index contributed by atoms with van der Waals surface area (Å²) in [5.41, 5.74) is -0.348. The third kappa shape index (κ3) is 4.25. The van der Waals surface area contributed by atoms with Gasteiger partial charge in [-0.2, -0.15) is 10.4 Å². The molecule has 1 unspecified atom stereocenters. The van der Waals surface area contributed by atoms with Crippen molar-refractivity contribution in [2.24, 2.45) is 0 Å². The average Bonchev–Trinajstić information content (AvgIpc) is 3.06. The van der Waals surface area contributed by atoms with Crippen LogP contribution >= 0.6 is 22.6 Å². The Morgan fingerprint density at radius 3 is 2.94 bits per heavy atom. The number of aromatic nitrogens is 2. The smallest absolute Gasteiger partial charge is 0.104 e. The van der Waals surface area contributed by atoms with Crippen molar-refractivity contribution in [3.8, 4) is 6.07 Å². The highest BCUT2D eigenvalue weighted by atomic mass is 127. The Bertz CT molecular complexity index is 432. The van der Waals surface area contributed by atoms with E-state index < -0.39 is 0 Å². The van der Waals surface area contributed by atoms with Crippen molar-refractivity contribution < 1.29 is 0 Å². The van der Waals surface area contributed by atoms with Gasteiger partial charge in [0.05, 0.1) is 15.8 Å². The SMILES string of the molecule is CC(C#N)(CCCCn1cc(I)cn1)NC1CC1. The minimum absolute atomic E-state index is 0.348. The second-order valence-corrected chi connectivity index (χ2v) is 6.49. The molecule has 0 saturated heterocycles. The van der Waals surface area contributed by atoms with Gasteiger partial charge in [-0.05, 0) is 61.6 Å². The molecular formula is C13H19IN4. The van der Waals surface area contributed by atoms with Crippen LogP contribution in [0.4, 0.5) is 0 Å². The Morgan fingerprint density at radius 1 is 1.61 bits per heavy atom. The Morgan fingerprint density at radius 2 is 2.39 bits per heavy atom. The Balaban J connectivity index is 1.68. The molecular weight excluding hydrogens is 339 g/mol. The number of unbranched alkanes of at least 4 members (excludes halogenated alkanes) is 1. The van der Waals surface area contributed by atoms with E-state index >= 15 is 0 Å². The maximum absolute atomic E-state index is 9.25. The van der Waals surface area contributed by atoms with E-state index in [-0.39, 0.29) is 5.54 Å². The average molecular weight is 358 g/mol. The zero-order chi connectivity index (χ0) is 13.0. The monoisotopic (exact) mass is 358 g/mol. The quantitative estimate of drug-likeness (QED) is 0.602. The molecule has 0 aromatic carbocycles. The fraction of sp³-hybridized carbons (Fsp3) is 0.692. The van der Waals surface area contributed by atoms with Crippen LogP contribution in [0.25, 0.3) is 0 Å². The van der Waals surface area contributed by atoms with E-state index in [2.05, 4.69) is 39.1 Å². The summed E-state index contributed by atoms with van der Waals surface area (Å²) in [4.78, 5) is 0. The topological polar surface area (TPSA) is 53.6 Å². The molecule has 0 bridgehead atoms. The summed E-state index contributed by atoms with van der Waals surface area (Å²) in [6.45, 7) is 2.95. The van der Waals surface area contributed by atoms with E-state index in [9.17, 15) is 5.26 Å². The zero-order valence-corrected chi connectivity index (χ0v) is 12.9. The van der Waals surface area contributed by atoms with Gasteiger partial charge in [-0.25, -0.2) is 0 Å². The highest BCUT2D eigenvalue weighted by Gasteiger charge is 2.31. The maximum atomic E-state index is 9.25. The summed E-state index contributed by atoms with van der Waals surface area (Å²) in [5.74, 6) is 0. The normalized spacial score (nSPS) is 18.3. The number of nitrogens with zero attached hydrogens (tertiary/aromatic N) is 3. The molecule has 1 aromatic heterocycles. The van der Waals surface area contributed by atoms with Crippen LogP contribution in [-0.2, 0) is 6.54 Å². The molecule has 4 nitrogen and oxygen atoms in total. The zero-order valence-electron chi connectivity index (χ0n) is 10.7. The van der Waals surface area contributed by atoms with Crippen molar-refractivity contribution in [3.05, 3.63) is 16.0 Å². The molecule has 18 heavy (non-hydrogen) atoms. The predicted molar refractivity (Wildman–Crippen MR) is 79.0 cm³/mol. The van der Waals surface area contributed by atoms with Crippen LogP contribution < -0.4 is 5.32 Å². The first-order valence-electron chi connectivity index (χ1n) is 6.48. The minimum Gasteiger partial charge on any atom is -0.297 e. The number of hydrogen-bond donors (Lipinski definition) is 1. The van der Waals surface area contributed by atoms with Gasteiger partial charge < -0.3 is 0 Å². The molecule has 1 N–H and O–H groups in total. The van der Waals surface area contributed by atoms with Crippen molar-refractivity contribution in [3.63, 3.8) is 0 Å². The van der Waals surface area contributed by atoms with E-state index in [1.807, 2.05) is 24.0 Å². The van der Waals surface area contributed by atoms with Crippen LogP contribution in [0.1, 0.15) is 39.0 Å². The molecule has 1 atom stereocenters. The molecule has 0 radical (unpaired) electrons. The summed E-state index contributed by atoms with van der Waals surface area (Å²) < 4.78 is 3.14. The van der Waals surface area contributed by atoms with E-state index in [1.54, 1.807) is 0 Å². The lowest BCUT2D eigenvalue weighted by molar-refractivity contribution is 0.389. The highest BCUT2D eigenvalue weighted by molar-refractivity contribution is 14.1. The second kappa shape index (κ2) is 6.02. The number of nitriles is 1. The second-order valence-electron chi connectivity index (χ2n) is 5.24. The first kappa shape index (κ1) is 13.8. The van der Waals surface area contributed by atoms with Crippen molar-refractivity contribution in [1.82, 2.24) is 15.1 Å². The summed E-state index contributed by atoms with van der Waals surface area (Å²) in [6.07, 6.45) is 9.41. The van der Waals surface area contributed by atoms with Gasteiger partial charge in [0.2, 0.25) is 0 Å². The lowest BCUT2D eigenvalue weighted by atomic mass is 9.96. The van der Waals surface area contributed by atoms with Crippen LogP contribution in [0, 0.1) is 14.9 Å².